The molecule has 1 saturated heterocycles. The summed E-state index contributed by atoms with van der Waals surface area (Å²) in [4.78, 5) is 14.0. The summed E-state index contributed by atoms with van der Waals surface area (Å²) in [5.74, 6) is 2.80. The Morgan fingerprint density at radius 1 is 1.08 bits per heavy atom. The second kappa shape index (κ2) is 9.34. The van der Waals surface area contributed by atoms with E-state index in [9.17, 15) is 0 Å². The van der Waals surface area contributed by atoms with Crippen LogP contribution >= 0.6 is 0 Å². The van der Waals surface area contributed by atoms with Gasteiger partial charge in [-0.15, -0.1) is 0 Å². The van der Waals surface area contributed by atoms with Crippen LogP contribution in [0.5, 0.6) is 0 Å². The van der Waals surface area contributed by atoms with Crippen LogP contribution in [0.3, 0.4) is 0 Å². The summed E-state index contributed by atoms with van der Waals surface area (Å²) in [5, 5.41) is 3.37. The van der Waals surface area contributed by atoms with E-state index in [4.69, 9.17) is 0 Å². The van der Waals surface area contributed by atoms with Crippen LogP contribution in [0.1, 0.15) is 24.7 Å². The van der Waals surface area contributed by atoms with Gasteiger partial charge in [0.2, 0.25) is 0 Å². The van der Waals surface area contributed by atoms with Gasteiger partial charge in [-0.3, -0.25) is 4.90 Å². The van der Waals surface area contributed by atoms with E-state index >= 15 is 0 Å². The lowest BCUT2D eigenvalue weighted by Crippen LogP contribution is -2.46. The Kier molecular flexibility index (Phi) is 6.61. The molecule has 0 bridgehead atoms. The highest BCUT2D eigenvalue weighted by atomic mass is 15.3. The van der Waals surface area contributed by atoms with Crippen LogP contribution in [0.2, 0.25) is 0 Å². The summed E-state index contributed by atoms with van der Waals surface area (Å²) in [6, 6.07) is 12.5. The van der Waals surface area contributed by atoms with Gasteiger partial charge >= 0.3 is 0 Å². The molecular weight excluding hydrogens is 322 g/mol. The average Bonchev–Trinajstić information content (AvgIpc) is 2.67. The minimum atomic E-state index is 0.828. The highest BCUT2D eigenvalue weighted by Crippen LogP contribution is 2.18. The molecule has 1 aliphatic heterocycles. The molecular formula is C21H29N5. The highest BCUT2D eigenvalue weighted by molar-refractivity contribution is 5.50. The number of rotatable bonds is 7. The minimum absolute atomic E-state index is 0.828. The molecule has 26 heavy (non-hydrogen) atoms. The van der Waals surface area contributed by atoms with Crippen LogP contribution < -0.4 is 10.2 Å². The number of piperazine rings is 1. The molecule has 1 aromatic heterocycles. The highest BCUT2D eigenvalue weighted by Gasteiger charge is 2.18. The molecule has 5 nitrogen and oxygen atoms in total. The lowest BCUT2D eigenvalue weighted by atomic mass is 10.2. The molecule has 0 unspecified atom stereocenters. The van der Waals surface area contributed by atoms with Crippen LogP contribution in [0, 0.1) is 6.92 Å². The average molecular weight is 351 g/mol. The van der Waals surface area contributed by atoms with Crippen molar-refractivity contribution in [2.75, 3.05) is 49.5 Å². The van der Waals surface area contributed by atoms with Crippen molar-refractivity contribution in [3.05, 3.63) is 53.9 Å². The molecule has 1 fully saturated rings. The van der Waals surface area contributed by atoms with Crippen LogP contribution in [0.25, 0.3) is 6.08 Å². The van der Waals surface area contributed by atoms with E-state index < -0.39 is 0 Å². The first-order valence-electron chi connectivity index (χ1n) is 9.53. The van der Waals surface area contributed by atoms with Crippen LogP contribution in [-0.2, 0) is 0 Å². The van der Waals surface area contributed by atoms with Gasteiger partial charge in [-0.2, -0.15) is 0 Å². The normalized spacial score (nSPS) is 15.5. The van der Waals surface area contributed by atoms with Gasteiger partial charge < -0.3 is 10.2 Å². The quantitative estimate of drug-likeness (QED) is 0.828. The monoisotopic (exact) mass is 351 g/mol. The van der Waals surface area contributed by atoms with Crippen molar-refractivity contribution in [3.63, 3.8) is 0 Å². The van der Waals surface area contributed by atoms with Crippen molar-refractivity contribution < 1.29 is 0 Å². The van der Waals surface area contributed by atoms with Gasteiger partial charge in [0.05, 0.1) is 0 Å². The summed E-state index contributed by atoms with van der Waals surface area (Å²) in [5.41, 5.74) is 1.26. The third-order valence-corrected chi connectivity index (χ3v) is 4.55. The van der Waals surface area contributed by atoms with E-state index in [0.29, 0.717) is 0 Å². The fourth-order valence-corrected chi connectivity index (χ4v) is 3.12. The van der Waals surface area contributed by atoms with Gasteiger partial charge in [0.25, 0.3) is 0 Å². The second-order valence-corrected chi connectivity index (χ2v) is 6.69. The Morgan fingerprint density at radius 3 is 2.58 bits per heavy atom. The molecule has 2 aromatic rings. The Labute approximate surface area is 156 Å². The Balaban J connectivity index is 1.52. The molecule has 0 atom stereocenters. The van der Waals surface area contributed by atoms with Crippen molar-refractivity contribution in [2.24, 2.45) is 0 Å². The topological polar surface area (TPSA) is 44.3 Å². The first-order valence-corrected chi connectivity index (χ1v) is 9.53. The molecule has 5 heteroatoms. The Morgan fingerprint density at radius 2 is 1.85 bits per heavy atom. The van der Waals surface area contributed by atoms with E-state index in [1.807, 2.05) is 6.92 Å². The third-order valence-electron chi connectivity index (χ3n) is 4.55. The van der Waals surface area contributed by atoms with Crippen LogP contribution in [-0.4, -0.2) is 54.1 Å². The smallest absolute Gasteiger partial charge is 0.134 e. The molecule has 138 valence electrons. The van der Waals surface area contributed by atoms with Gasteiger partial charge in [0.1, 0.15) is 17.5 Å². The lowest BCUT2D eigenvalue weighted by molar-refractivity contribution is 0.283. The molecule has 0 saturated carbocycles. The Bertz CT molecular complexity index is 706. The first-order chi connectivity index (χ1) is 12.7. The zero-order valence-electron chi connectivity index (χ0n) is 15.9. The maximum absolute atomic E-state index is 4.63. The van der Waals surface area contributed by atoms with Gasteiger partial charge in [-0.1, -0.05) is 49.4 Å². The predicted octanol–water partition coefficient (Wildman–Crippen LogP) is 3.44. The number of aryl methyl sites for hydroxylation is 1. The van der Waals surface area contributed by atoms with Gasteiger partial charge in [0, 0.05) is 45.3 Å². The van der Waals surface area contributed by atoms with Crippen molar-refractivity contribution >= 4 is 17.7 Å². The van der Waals surface area contributed by atoms with Crippen LogP contribution in [0.15, 0.2) is 42.5 Å². The Hall–Kier alpha value is -2.40. The number of nitrogens with one attached hydrogen (secondary N) is 1. The summed E-state index contributed by atoms with van der Waals surface area (Å²) in [6.45, 7) is 10.2. The van der Waals surface area contributed by atoms with Crippen molar-refractivity contribution in [1.29, 1.82) is 0 Å². The molecule has 3 rings (SSSR count). The molecule has 0 radical (unpaired) electrons. The van der Waals surface area contributed by atoms with E-state index in [0.717, 1.165) is 63.1 Å². The molecule has 0 aliphatic carbocycles. The van der Waals surface area contributed by atoms with Crippen molar-refractivity contribution in [3.8, 4) is 0 Å². The minimum Gasteiger partial charge on any atom is -0.370 e. The summed E-state index contributed by atoms with van der Waals surface area (Å²) < 4.78 is 0. The maximum atomic E-state index is 4.63. The number of hydrogen-bond acceptors (Lipinski definition) is 5. The second-order valence-electron chi connectivity index (χ2n) is 6.69. The zero-order chi connectivity index (χ0) is 18.2. The van der Waals surface area contributed by atoms with E-state index in [-0.39, 0.29) is 0 Å². The SMILES string of the molecule is CCCNc1cc(N2CCN(C/C=C/c3ccccc3)CC2)nc(C)n1. The molecule has 1 N–H and O–H groups in total. The van der Waals surface area contributed by atoms with E-state index in [1.165, 1.54) is 5.56 Å². The molecule has 2 heterocycles. The molecule has 0 spiro atoms. The van der Waals surface area contributed by atoms with Gasteiger partial charge in [0.15, 0.2) is 0 Å². The van der Waals surface area contributed by atoms with Crippen LogP contribution in [0.4, 0.5) is 11.6 Å². The number of benzene rings is 1. The predicted molar refractivity (Wildman–Crippen MR) is 110 cm³/mol. The number of nitrogens with zero attached hydrogens (tertiary/aromatic N) is 4. The summed E-state index contributed by atoms with van der Waals surface area (Å²) >= 11 is 0. The number of anilines is 2. The van der Waals surface area contributed by atoms with E-state index in [2.05, 4.69) is 80.6 Å². The summed E-state index contributed by atoms with van der Waals surface area (Å²) in [6.07, 6.45) is 5.55. The van der Waals surface area contributed by atoms with Gasteiger partial charge in [-0.05, 0) is 18.9 Å². The first kappa shape index (κ1) is 18.4. The number of aromatic nitrogens is 2. The zero-order valence-corrected chi connectivity index (χ0v) is 15.9. The fourth-order valence-electron chi connectivity index (χ4n) is 3.12. The van der Waals surface area contributed by atoms with Gasteiger partial charge in [-0.25, -0.2) is 9.97 Å². The summed E-state index contributed by atoms with van der Waals surface area (Å²) in [7, 11) is 0. The number of hydrogen-bond donors (Lipinski definition) is 1. The maximum Gasteiger partial charge on any atom is 0.134 e. The van der Waals surface area contributed by atoms with Crippen molar-refractivity contribution in [1.82, 2.24) is 14.9 Å². The van der Waals surface area contributed by atoms with E-state index in [1.54, 1.807) is 0 Å². The fraction of sp³-hybridized carbons (Fsp3) is 0.429. The molecule has 1 aliphatic rings. The van der Waals surface area contributed by atoms with Crippen molar-refractivity contribution in [2.45, 2.75) is 20.3 Å². The third kappa shape index (κ3) is 5.30. The molecule has 1 aromatic carbocycles. The lowest BCUT2D eigenvalue weighted by Gasteiger charge is -2.35. The standard InChI is InChI=1S/C21H29N5/c1-3-11-22-20-17-21(24-18(2)23-20)26-15-13-25(14-16-26)12-7-10-19-8-5-4-6-9-19/h4-10,17H,3,11-16H2,1-2H3,(H,22,23,24)/b10-7+. The largest absolute Gasteiger partial charge is 0.370 e. The molecule has 0 amide bonds.